The summed E-state index contributed by atoms with van der Waals surface area (Å²) in [5, 5.41) is 3.34. The van der Waals surface area contributed by atoms with E-state index < -0.39 is 5.79 Å². The van der Waals surface area contributed by atoms with Crippen LogP contribution in [0.4, 0.5) is 5.69 Å². The van der Waals surface area contributed by atoms with Gasteiger partial charge >= 0.3 is 0 Å². The number of nitrogens with zero attached hydrogens (tertiary/aromatic N) is 1. The first-order chi connectivity index (χ1) is 12.5. The molecule has 0 radical (unpaired) electrons. The maximum absolute atomic E-state index is 12.7. The molecule has 4 rings (SSSR count). The number of anilines is 1. The molecule has 2 aliphatic heterocycles. The van der Waals surface area contributed by atoms with Crippen LogP contribution >= 0.6 is 0 Å². The summed E-state index contributed by atoms with van der Waals surface area (Å²) in [6, 6.07) is 5.67. The zero-order valence-electron chi connectivity index (χ0n) is 15.9. The van der Waals surface area contributed by atoms with E-state index in [4.69, 9.17) is 9.47 Å². The van der Waals surface area contributed by atoms with E-state index in [0.717, 1.165) is 74.7 Å². The number of piperidine rings is 1. The Morgan fingerprint density at radius 1 is 1.15 bits per heavy atom. The summed E-state index contributed by atoms with van der Waals surface area (Å²) >= 11 is 0. The number of benzene rings is 1. The van der Waals surface area contributed by atoms with Gasteiger partial charge in [-0.15, -0.1) is 0 Å². The van der Waals surface area contributed by atoms with Crippen molar-refractivity contribution in [2.24, 2.45) is 5.92 Å². The number of ether oxygens (including phenoxy) is 2. The average molecular weight is 358 g/mol. The van der Waals surface area contributed by atoms with Gasteiger partial charge in [-0.25, -0.2) is 0 Å². The lowest BCUT2D eigenvalue weighted by Crippen LogP contribution is -2.45. The number of hydrogen-bond donors (Lipinski definition) is 1. The summed E-state index contributed by atoms with van der Waals surface area (Å²) in [6.07, 6.45) is 7.67. The molecule has 5 nitrogen and oxygen atoms in total. The molecule has 3 aliphatic rings. The Balaban J connectivity index is 1.39. The van der Waals surface area contributed by atoms with E-state index in [1.807, 2.05) is 30.0 Å². The van der Waals surface area contributed by atoms with E-state index in [-0.39, 0.29) is 11.9 Å². The molecule has 1 amide bonds. The van der Waals surface area contributed by atoms with Crippen molar-refractivity contribution in [1.29, 1.82) is 0 Å². The molecule has 1 N–H and O–H groups in total. The van der Waals surface area contributed by atoms with Gasteiger partial charge in [0.1, 0.15) is 6.04 Å². The van der Waals surface area contributed by atoms with Crippen molar-refractivity contribution in [2.75, 3.05) is 18.4 Å². The lowest BCUT2D eigenvalue weighted by Gasteiger charge is -2.32. The number of rotatable bonds is 3. The van der Waals surface area contributed by atoms with E-state index >= 15 is 0 Å². The maximum atomic E-state index is 12.7. The van der Waals surface area contributed by atoms with Gasteiger partial charge in [-0.05, 0) is 50.7 Å². The molecule has 1 unspecified atom stereocenters. The largest absolute Gasteiger partial charge is 0.448 e. The number of carbonyl (C=O) groups is 1. The van der Waals surface area contributed by atoms with Crippen molar-refractivity contribution < 1.29 is 14.3 Å². The van der Waals surface area contributed by atoms with E-state index in [1.54, 1.807) is 0 Å². The van der Waals surface area contributed by atoms with Crippen LogP contribution in [0.5, 0.6) is 11.5 Å². The highest BCUT2D eigenvalue weighted by Crippen LogP contribution is 2.46. The second-order valence-corrected chi connectivity index (χ2v) is 8.21. The van der Waals surface area contributed by atoms with Gasteiger partial charge in [-0.2, -0.15) is 0 Å². The molecular formula is C21H30N2O3. The van der Waals surface area contributed by atoms with Crippen molar-refractivity contribution in [2.45, 2.75) is 70.6 Å². The zero-order chi connectivity index (χ0) is 18.1. The number of hydrogen-bond acceptors (Lipinski definition) is 4. The average Bonchev–Trinajstić information content (AvgIpc) is 2.98. The predicted octanol–water partition coefficient (Wildman–Crippen LogP) is 4.18. The van der Waals surface area contributed by atoms with Crippen LogP contribution in [-0.2, 0) is 4.79 Å². The fourth-order valence-corrected chi connectivity index (χ4v) is 4.29. The van der Waals surface area contributed by atoms with Crippen LogP contribution in [0.3, 0.4) is 0 Å². The monoisotopic (exact) mass is 358 g/mol. The Kier molecular flexibility index (Phi) is 4.72. The molecule has 5 heteroatoms. The van der Waals surface area contributed by atoms with Crippen LogP contribution in [0.2, 0.25) is 0 Å². The van der Waals surface area contributed by atoms with Crippen LogP contribution in [0.25, 0.3) is 0 Å². The quantitative estimate of drug-likeness (QED) is 0.881. The summed E-state index contributed by atoms with van der Waals surface area (Å²) in [5.74, 6) is 2.07. The Morgan fingerprint density at radius 3 is 2.58 bits per heavy atom. The molecule has 1 aromatic carbocycles. The van der Waals surface area contributed by atoms with Crippen molar-refractivity contribution in [3.05, 3.63) is 18.2 Å². The van der Waals surface area contributed by atoms with Crippen LogP contribution in [0.1, 0.15) is 58.8 Å². The van der Waals surface area contributed by atoms with E-state index in [9.17, 15) is 4.79 Å². The summed E-state index contributed by atoms with van der Waals surface area (Å²) in [4.78, 5) is 14.7. The summed E-state index contributed by atoms with van der Waals surface area (Å²) < 4.78 is 12.3. The second kappa shape index (κ2) is 7.01. The van der Waals surface area contributed by atoms with Crippen molar-refractivity contribution >= 4 is 11.6 Å². The van der Waals surface area contributed by atoms with Crippen molar-refractivity contribution in [1.82, 2.24) is 4.90 Å². The van der Waals surface area contributed by atoms with Gasteiger partial charge in [0.05, 0.1) is 0 Å². The summed E-state index contributed by atoms with van der Waals surface area (Å²) in [6.45, 7) is 5.94. The molecule has 1 aromatic rings. The van der Waals surface area contributed by atoms with E-state index in [1.165, 1.54) is 6.42 Å². The first-order valence-corrected chi connectivity index (χ1v) is 10.1. The van der Waals surface area contributed by atoms with Gasteiger partial charge in [0.2, 0.25) is 5.91 Å². The first-order valence-electron chi connectivity index (χ1n) is 10.1. The highest BCUT2D eigenvalue weighted by Gasteiger charge is 2.42. The lowest BCUT2D eigenvalue weighted by molar-refractivity contribution is -0.133. The molecule has 1 aliphatic carbocycles. The molecule has 1 spiro atoms. The molecular weight excluding hydrogens is 328 g/mol. The fourth-order valence-electron chi connectivity index (χ4n) is 4.29. The third-order valence-electron chi connectivity index (χ3n) is 6.00. The Morgan fingerprint density at radius 2 is 1.85 bits per heavy atom. The topological polar surface area (TPSA) is 50.8 Å². The number of likely N-dealkylation sites (tertiary alicyclic amines) is 1. The van der Waals surface area contributed by atoms with Gasteiger partial charge in [-0.1, -0.05) is 13.3 Å². The highest BCUT2D eigenvalue weighted by molar-refractivity contribution is 5.84. The minimum atomic E-state index is -0.453. The highest BCUT2D eigenvalue weighted by atomic mass is 16.7. The van der Waals surface area contributed by atoms with Crippen molar-refractivity contribution in [3.63, 3.8) is 0 Å². The van der Waals surface area contributed by atoms with E-state index in [2.05, 4.69) is 12.2 Å². The van der Waals surface area contributed by atoms with Gasteiger partial charge < -0.3 is 19.7 Å². The second-order valence-electron chi connectivity index (χ2n) is 8.21. The van der Waals surface area contributed by atoms with Gasteiger partial charge in [0.25, 0.3) is 5.79 Å². The lowest BCUT2D eigenvalue weighted by atomic mass is 9.94. The Hall–Kier alpha value is -1.91. The molecule has 0 aromatic heterocycles. The molecule has 1 saturated carbocycles. The molecule has 2 heterocycles. The SMILES string of the molecule is CC1CCN(C(=O)C(C)Nc2ccc3c(c2)OC2(CCCCC2)O3)CC1. The number of amides is 1. The summed E-state index contributed by atoms with van der Waals surface area (Å²) in [7, 11) is 0. The van der Waals surface area contributed by atoms with Crippen LogP contribution in [-0.4, -0.2) is 35.7 Å². The molecule has 2 fully saturated rings. The predicted molar refractivity (Wildman–Crippen MR) is 102 cm³/mol. The Labute approximate surface area is 156 Å². The van der Waals surface area contributed by atoms with Gasteiger partial charge in [-0.3, -0.25) is 4.79 Å². The van der Waals surface area contributed by atoms with Crippen LogP contribution < -0.4 is 14.8 Å². The number of fused-ring (bicyclic) bond motifs is 1. The number of carbonyl (C=O) groups excluding carboxylic acids is 1. The van der Waals surface area contributed by atoms with Crippen LogP contribution in [0.15, 0.2) is 18.2 Å². The molecule has 142 valence electrons. The van der Waals surface area contributed by atoms with Gasteiger partial charge in [0.15, 0.2) is 11.5 Å². The Bertz CT molecular complexity index is 661. The minimum Gasteiger partial charge on any atom is -0.448 e. The van der Waals surface area contributed by atoms with Gasteiger partial charge in [0, 0.05) is 37.7 Å². The first kappa shape index (κ1) is 17.5. The smallest absolute Gasteiger partial charge is 0.251 e. The third-order valence-corrected chi connectivity index (χ3v) is 6.00. The molecule has 0 bridgehead atoms. The fraction of sp³-hybridized carbons (Fsp3) is 0.667. The zero-order valence-corrected chi connectivity index (χ0v) is 15.9. The van der Waals surface area contributed by atoms with E-state index in [0.29, 0.717) is 0 Å². The molecule has 1 atom stereocenters. The standard InChI is InChI=1S/C21H30N2O3/c1-15-8-12-23(13-9-15)20(24)16(2)22-17-6-7-18-19(14-17)26-21(25-18)10-4-3-5-11-21/h6-7,14-16,22H,3-5,8-13H2,1-2H3. The number of nitrogens with one attached hydrogen (secondary N) is 1. The normalized spacial score (nSPS) is 23.1. The summed E-state index contributed by atoms with van der Waals surface area (Å²) in [5.41, 5.74) is 0.909. The molecule has 1 saturated heterocycles. The van der Waals surface area contributed by atoms with Crippen molar-refractivity contribution in [3.8, 4) is 11.5 Å². The molecule has 26 heavy (non-hydrogen) atoms. The minimum absolute atomic E-state index is 0.179. The third kappa shape index (κ3) is 3.49. The maximum Gasteiger partial charge on any atom is 0.251 e. The van der Waals surface area contributed by atoms with Crippen LogP contribution in [0, 0.1) is 5.92 Å².